The quantitative estimate of drug-likeness (QED) is 0.658. The highest BCUT2D eigenvalue weighted by atomic mass is 19.4. The van der Waals surface area contributed by atoms with Crippen LogP contribution in [0.1, 0.15) is 5.56 Å². The van der Waals surface area contributed by atoms with Crippen LogP contribution >= 0.6 is 0 Å². The minimum absolute atomic E-state index is 0.0615. The van der Waals surface area contributed by atoms with Gasteiger partial charge in [-0.3, -0.25) is 0 Å². The molecule has 3 aromatic rings. The summed E-state index contributed by atoms with van der Waals surface area (Å²) in [7, 11) is 0. The molecule has 0 amide bonds. The maximum absolute atomic E-state index is 14.2. The fourth-order valence-electron chi connectivity index (χ4n) is 2.70. The summed E-state index contributed by atoms with van der Waals surface area (Å²) in [6.07, 6.45) is -3.46. The summed E-state index contributed by atoms with van der Waals surface area (Å²) in [5.74, 6) is -0.593. The zero-order chi connectivity index (χ0) is 17.8. The first-order valence-corrected chi connectivity index (χ1v) is 7.43. The van der Waals surface area contributed by atoms with Gasteiger partial charge < -0.3 is 4.90 Å². The third-order valence-corrected chi connectivity index (χ3v) is 4.06. The SMILES string of the molecule is Fc1ccc(N2CC(F)C2)cc1-n1cc2cc(C(F)(F)F)cnc2n1. The van der Waals surface area contributed by atoms with E-state index in [1.807, 2.05) is 0 Å². The van der Waals surface area contributed by atoms with Crippen LogP contribution in [-0.2, 0) is 6.18 Å². The number of anilines is 1. The van der Waals surface area contributed by atoms with E-state index < -0.39 is 23.7 Å². The number of halogens is 5. The van der Waals surface area contributed by atoms with Gasteiger partial charge in [-0.15, -0.1) is 5.10 Å². The molecule has 4 nitrogen and oxygen atoms in total. The maximum atomic E-state index is 14.2. The second kappa shape index (κ2) is 5.40. The van der Waals surface area contributed by atoms with E-state index in [2.05, 4.69) is 10.1 Å². The first kappa shape index (κ1) is 15.8. The molecule has 0 aliphatic carbocycles. The van der Waals surface area contributed by atoms with Crippen molar-refractivity contribution in [1.82, 2.24) is 14.8 Å². The Morgan fingerprint density at radius 2 is 1.88 bits per heavy atom. The smallest absolute Gasteiger partial charge is 0.365 e. The van der Waals surface area contributed by atoms with Gasteiger partial charge in [0, 0.05) is 23.5 Å². The molecule has 1 aromatic carbocycles. The van der Waals surface area contributed by atoms with E-state index in [1.165, 1.54) is 24.4 Å². The van der Waals surface area contributed by atoms with Gasteiger partial charge in [-0.05, 0) is 24.3 Å². The van der Waals surface area contributed by atoms with Crippen LogP contribution < -0.4 is 4.90 Å². The van der Waals surface area contributed by atoms with Gasteiger partial charge in [-0.2, -0.15) is 13.2 Å². The van der Waals surface area contributed by atoms with Crippen molar-refractivity contribution in [3.05, 3.63) is 48.0 Å². The molecule has 2 aromatic heterocycles. The largest absolute Gasteiger partial charge is 0.417 e. The summed E-state index contributed by atoms with van der Waals surface area (Å²) in [5.41, 5.74) is -0.144. The molecule has 0 spiro atoms. The van der Waals surface area contributed by atoms with Gasteiger partial charge >= 0.3 is 6.18 Å². The molecule has 3 heterocycles. The van der Waals surface area contributed by atoms with Crippen LogP contribution in [0.5, 0.6) is 0 Å². The van der Waals surface area contributed by atoms with Crippen LogP contribution in [0.15, 0.2) is 36.7 Å². The van der Waals surface area contributed by atoms with E-state index in [0.29, 0.717) is 11.9 Å². The van der Waals surface area contributed by atoms with Gasteiger partial charge in [0.15, 0.2) is 5.65 Å². The molecule has 0 N–H and O–H groups in total. The predicted octanol–water partition coefficient (Wildman–Crippen LogP) is 3.74. The number of hydrogen-bond donors (Lipinski definition) is 0. The Balaban J connectivity index is 1.75. The van der Waals surface area contributed by atoms with Gasteiger partial charge in [0.05, 0.1) is 18.7 Å². The van der Waals surface area contributed by atoms with E-state index in [4.69, 9.17) is 0 Å². The van der Waals surface area contributed by atoms with Gasteiger partial charge in [0.25, 0.3) is 0 Å². The number of hydrogen-bond acceptors (Lipinski definition) is 3. The molecule has 0 radical (unpaired) electrons. The van der Waals surface area contributed by atoms with Crippen LogP contribution in [0.3, 0.4) is 0 Å². The lowest BCUT2D eigenvalue weighted by Gasteiger charge is -2.36. The number of pyridine rings is 1. The predicted molar refractivity (Wildman–Crippen MR) is 80.9 cm³/mol. The Kier molecular flexibility index (Phi) is 3.41. The topological polar surface area (TPSA) is 34.0 Å². The minimum atomic E-state index is -4.52. The molecular formula is C16H11F5N4. The Labute approximate surface area is 138 Å². The van der Waals surface area contributed by atoms with E-state index >= 15 is 0 Å². The average Bonchev–Trinajstić information content (AvgIpc) is 2.94. The average molecular weight is 354 g/mol. The second-order valence-corrected chi connectivity index (χ2v) is 5.85. The summed E-state index contributed by atoms with van der Waals surface area (Å²) >= 11 is 0. The van der Waals surface area contributed by atoms with Crippen LogP contribution in [0.25, 0.3) is 16.7 Å². The molecule has 4 rings (SSSR count). The lowest BCUT2D eigenvalue weighted by Crippen LogP contribution is -2.48. The van der Waals surface area contributed by atoms with Gasteiger partial charge in [0.2, 0.25) is 0 Å². The monoisotopic (exact) mass is 354 g/mol. The Morgan fingerprint density at radius 1 is 1.12 bits per heavy atom. The molecule has 25 heavy (non-hydrogen) atoms. The number of aromatic nitrogens is 3. The summed E-state index contributed by atoms with van der Waals surface area (Å²) in [5, 5.41) is 4.18. The minimum Gasteiger partial charge on any atom is -0.365 e. The summed E-state index contributed by atoms with van der Waals surface area (Å²) in [6.45, 7) is 0.450. The standard InChI is InChI=1S/C16H11F5N4/c17-11-7-24(8-11)12-1-2-13(18)14(4-12)25-6-9-3-10(16(19,20)21)5-22-15(9)23-25/h1-6,11H,7-8H2. The molecule has 1 saturated heterocycles. The summed E-state index contributed by atoms with van der Waals surface area (Å²) < 4.78 is 66.6. The van der Waals surface area contributed by atoms with Crippen LogP contribution in [-0.4, -0.2) is 34.0 Å². The molecule has 130 valence electrons. The van der Waals surface area contributed by atoms with Gasteiger partial charge in [0.1, 0.15) is 17.7 Å². The number of fused-ring (bicyclic) bond motifs is 1. The van der Waals surface area contributed by atoms with Crippen molar-refractivity contribution in [2.75, 3.05) is 18.0 Å². The molecule has 1 aliphatic rings. The van der Waals surface area contributed by atoms with Crippen molar-refractivity contribution >= 4 is 16.7 Å². The number of alkyl halides is 4. The third-order valence-electron chi connectivity index (χ3n) is 4.06. The Hall–Kier alpha value is -2.71. The number of rotatable bonds is 2. The Bertz CT molecular complexity index is 943. The molecule has 1 fully saturated rings. The van der Waals surface area contributed by atoms with E-state index in [1.54, 1.807) is 4.90 Å². The van der Waals surface area contributed by atoms with Crippen molar-refractivity contribution in [1.29, 1.82) is 0 Å². The molecule has 0 unspecified atom stereocenters. The molecule has 9 heteroatoms. The highest BCUT2D eigenvalue weighted by Crippen LogP contribution is 2.31. The third kappa shape index (κ3) is 2.79. The second-order valence-electron chi connectivity index (χ2n) is 5.85. The molecule has 0 saturated carbocycles. The highest BCUT2D eigenvalue weighted by Gasteiger charge is 2.31. The lowest BCUT2D eigenvalue weighted by atomic mass is 10.1. The van der Waals surface area contributed by atoms with Crippen molar-refractivity contribution in [3.63, 3.8) is 0 Å². The van der Waals surface area contributed by atoms with Gasteiger partial charge in [-0.25, -0.2) is 18.4 Å². The van der Waals surface area contributed by atoms with Gasteiger partial charge in [-0.1, -0.05) is 0 Å². The zero-order valence-electron chi connectivity index (χ0n) is 12.6. The fraction of sp³-hybridized carbons (Fsp3) is 0.250. The number of benzene rings is 1. The Morgan fingerprint density at radius 3 is 2.56 bits per heavy atom. The van der Waals surface area contributed by atoms with Crippen LogP contribution in [0.2, 0.25) is 0 Å². The fourth-order valence-corrected chi connectivity index (χ4v) is 2.70. The van der Waals surface area contributed by atoms with Crippen molar-refractivity contribution < 1.29 is 22.0 Å². The first-order valence-electron chi connectivity index (χ1n) is 7.43. The van der Waals surface area contributed by atoms with Crippen molar-refractivity contribution in [3.8, 4) is 5.69 Å². The van der Waals surface area contributed by atoms with E-state index in [0.717, 1.165) is 10.7 Å². The normalized spacial score (nSPS) is 15.6. The summed E-state index contributed by atoms with van der Waals surface area (Å²) in [6, 6.07) is 5.14. The van der Waals surface area contributed by atoms with Crippen LogP contribution in [0.4, 0.5) is 27.6 Å². The molecule has 1 aliphatic heterocycles. The van der Waals surface area contributed by atoms with Crippen LogP contribution in [0, 0.1) is 5.82 Å². The highest BCUT2D eigenvalue weighted by molar-refractivity contribution is 5.75. The van der Waals surface area contributed by atoms with E-state index in [9.17, 15) is 22.0 Å². The summed E-state index contributed by atoms with van der Waals surface area (Å²) in [4.78, 5) is 5.42. The lowest BCUT2D eigenvalue weighted by molar-refractivity contribution is -0.137. The van der Waals surface area contributed by atoms with E-state index in [-0.39, 0.29) is 29.8 Å². The molecule has 0 atom stereocenters. The number of nitrogens with zero attached hydrogens (tertiary/aromatic N) is 4. The molecular weight excluding hydrogens is 343 g/mol. The maximum Gasteiger partial charge on any atom is 0.417 e. The zero-order valence-corrected chi connectivity index (χ0v) is 12.6. The first-order chi connectivity index (χ1) is 11.8. The van der Waals surface area contributed by atoms with Crippen molar-refractivity contribution in [2.45, 2.75) is 12.3 Å². The van der Waals surface area contributed by atoms with Crippen molar-refractivity contribution in [2.24, 2.45) is 0 Å². The molecule has 0 bridgehead atoms.